The van der Waals surface area contributed by atoms with Gasteiger partial charge in [-0.15, -0.1) is 0 Å². The van der Waals surface area contributed by atoms with E-state index in [0.717, 1.165) is 45.4 Å². The Kier molecular flexibility index (Phi) is 14.9. The van der Waals surface area contributed by atoms with Gasteiger partial charge in [0.1, 0.15) is 0 Å². The normalized spacial score (nSPS) is 20.0. The summed E-state index contributed by atoms with van der Waals surface area (Å²) in [6, 6.07) is 10.3. The van der Waals surface area contributed by atoms with Gasteiger partial charge in [0.2, 0.25) is 5.91 Å². The second-order valence-corrected chi connectivity index (χ2v) is 10.2. The molecule has 1 aliphatic carbocycles. The average molecular weight is 488 g/mol. The van der Waals surface area contributed by atoms with E-state index in [9.17, 15) is 14.4 Å². The molecule has 3 saturated heterocycles. The van der Waals surface area contributed by atoms with Gasteiger partial charge in [-0.05, 0) is 57.4 Å². The lowest BCUT2D eigenvalue weighted by molar-refractivity contribution is -0.138. The Hall–Kier alpha value is -2.47. The van der Waals surface area contributed by atoms with Crippen molar-refractivity contribution in [2.45, 2.75) is 79.1 Å². The first kappa shape index (κ1) is 30.6. The lowest BCUT2D eigenvalue weighted by Crippen LogP contribution is -2.20. The fourth-order valence-electron chi connectivity index (χ4n) is 3.97. The number of hydrogen-bond donors (Lipinski definition) is 0. The monoisotopic (exact) mass is 487 g/mol. The van der Waals surface area contributed by atoms with Crippen molar-refractivity contribution < 1.29 is 23.9 Å². The van der Waals surface area contributed by atoms with Gasteiger partial charge >= 0.3 is 5.97 Å². The van der Waals surface area contributed by atoms with Crippen LogP contribution in [0.3, 0.4) is 0 Å². The van der Waals surface area contributed by atoms with Gasteiger partial charge in [0.15, 0.2) is 5.78 Å². The minimum atomic E-state index is -0.0463. The van der Waals surface area contributed by atoms with Crippen molar-refractivity contribution in [1.82, 2.24) is 4.90 Å². The molecule has 3 fully saturated rings. The van der Waals surface area contributed by atoms with Crippen LogP contribution in [0.4, 0.5) is 0 Å². The summed E-state index contributed by atoms with van der Waals surface area (Å²) < 4.78 is 9.46. The Balaban J connectivity index is 0.000000223. The number of likely N-dealkylation sites (tertiary alicyclic amines) is 1. The van der Waals surface area contributed by atoms with E-state index in [4.69, 9.17) is 4.74 Å². The number of ether oxygens (including phenoxy) is 2. The van der Waals surface area contributed by atoms with Gasteiger partial charge in [-0.1, -0.05) is 55.3 Å². The molecule has 1 aromatic rings. The number of benzene rings is 1. The Labute approximate surface area is 212 Å². The zero-order valence-electron chi connectivity index (χ0n) is 22.4. The molecular formula is C29H45NO5. The molecular weight excluding hydrogens is 442 g/mol. The number of carbonyl (C=O) groups is 3. The maximum atomic E-state index is 11.0. The Morgan fingerprint density at radius 1 is 0.829 bits per heavy atom. The molecule has 3 heterocycles. The molecule has 0 aromatic heterocycles. The third-order valence-corrected chi connectivity index (χ3v) is 5.68. The van der Waals surface area contributed by atoms with Crippen LogP contribution >= 0.6 is 0 Å². The van der Waals surface area contributed by atoms with E-state index < -0.39 is 0 Å². The van der Waals surface area contributed by atoms with E-state index in [1.165, 1.54) is 24.0 Å². The quantitative estimate of drug-likeness (QED) is 0.441. The summed E-state index contributed by atoms with van der Waals surface area (Å²) in [5.74, 6) is 0.531. The van der Waals surface area contributed by atoms with E-state index in [1.54, 1.807) is 11.0 Å². The molecule has 6 nitrogen and oxygen atoms in total. The van der Waals surface area contributed by atoms with E-state index in [1.807, 2.05) is 32.2 Å². The number of carbonyl (C=O) groups excluding carboxylic acids is 3. The van der Waals surface area contributed by atoms with Crippen molar-refractivity contribution in [1.29, 1.82) is 0 Å². The Morgan fingerprint density at radius 3 is 1.74 bits per heavy atom. The molecule has 1 amide bonds. The number of ketones is 1. The van der Waals surface area contributed by atoms with Gasteiger partial charge in [0.25, 0.3) is 0 Å². The second kappa shape index (κ2) is 17.0. The molecule has 0 N–H and O–H groups in total. The molecule has 5 rings (SSSR count). The summed E-state index contributed by atoms with van der Waals surface area (Å²) in [6.45, 7) is 12.0. The minimum Gasteiger partial charge on any atom is -0.466 e. The van der Waals surface area contributed by atoms with Crippen LogP contribution in [0.2, 0.25) is 0 Å². The van der Waals surface area contributed by atoms with Crippen LogP contribution in [0.1, 0.15) is 77.7 Å². The van der Waals surface area contributed by atoms with Gasteiger partial charge in [-0.3, -0.25) is 14.4 Å². The zero-order valence-corrected chi connectivity index (χ0v) is 22.4. The lowest BCUT2D eigenvalue weighted by Gasteiger charge is -2.27. The molecule has 1 aromatic carbocycles. The van der Waals surface area contributed by atoms with Gasteiger partial charge in [-0.2, -0.15) is 0 Å². The largest absolute Gasteiger partial charge is 0.466 e. The first-order chi connectivity index (χ1) is 16.6. The number of allylic oxidation sites excluding steroid dienone is 2. The predicted molar refractivity (Wildman–Crippen MR) is 140 cm³/mol. The molecule has 196 valence electrons. The van der Waals surface area contributed by atoms with Crippen molar-refractivity contribution in [3.63, 3.8) is 0 Å². The van der Waals surface area contributed by atoms with E-state index >= 15 is 0 Å². The third kappa shape index (κ3) is 15.9. The first-order valence-corrected chi connectivity index (χ1v) is 12.8. The maximum Gasteiger partial charge on any atom is 0.305 e. The van der Waals surface area contributed by atoms with Gasteiger partial charge < -0.3 is 14.4 Å². The minimum absolute atomic E-state index is 0.0463. The smallest absolute Gasteiger partial charge is 0.305 e. The van der Waals surface area contributed by atoms with E-state index in [0.29, 0.717) is 25.4 Å². The number of esters is 1. The van der Waals surface area contributed by atoms with Gasteiger partial charge in [-0.25, -0.2) is 0 Å². The number of aryl methyl sites for hydroxylation is 1. The summed E-state index contributed by atoms with van der Waals surface area (Å²) in [5.41, 5.74) is 2.75. The lowest BCUT2D eigenvalue weighted by atomic mass is 9.77. The highest BCUT2D eigenvalue weighted by Crippen LogP contribution is 2.32. The standard InChI is InChI=1S/C9H14O.C7H8.C5H9NO.C4H6O2.C4H8O/c1-7-4-8(10)6-9(2,3)5-7;1-7-5-3-2-4-6-7;1-6-4-2-3-5(6)7;5-4-2-1-3-6-4;1-2-4-5-3-1/h4H,5-6H2,1-3H3;2-6H,1H3;2-4H2,1H3;1-3H2;1-4H2. The summed E-state index contributed by atoms with van der Waals surface area (Å²) in [6.07, 6.45) is 9.46. The van der Waals surface area contributed by atoms with Crippen molar-refractivity contribution in [3.05, 3.63) is 47.5 Å². The van der Waals surface area contributed by atoms with E-state index in [2.05, 4.69) is 37.6 Å². The average Bonchev–Trinajstić information content (AvgIpc) is 3.55. The Morgan fingerprint density at radius 2 is 1.49 bits per heavy atom. The summed E-state index contributed by atoms with van der Waals surface area (Å²) in [5, 5.41) is 0. The summed E-state index contributed by atoms with van der Waals surface area (Å²) in [4.78, 5) is 33.3. The first-order valence-electron chi connectivity index (χ1n) is 12.8. The number of amides is 1. The highest BCUT2D eigenvalue weighted by Gasteiger charge is 2.25. The fourth-order valence-corrected chi connectivity index (χ4v) is 3.97. The highest BCUT2D eigenvalue weighted by molar-refractivity contribution is 5.91. The Bertz CT molecular complexity index is 781. The third-order valence-electron chi connectivity index (χ3n) is 5.68. The van der Waals surface area contributed by atoms with Crippen LogP contribution in [0.5, 0.6) is 0 Å². The van der Waals surface area contributed by atoms with Crippen molar-refractivity contribution >= 4 is 17.7 Å². The van der Waals surface area contributed by atoms with Crippen molar-refractivity contribution in [3.8, 4) is 0 Å². The van der Waals surface area contributed by atoms with Crippen LogP contribution < -0.4 is 0 Å². The summed E-state index contributed by atoms with van der Waals surface area (Å²) in [7, 11) is 1.84. The molecule has 0 bridgehead atoms. The molecule has 0 atom stereocenters. The van der Waals surface area contributed by atoms with Gasteiger partial charge in [0.05, 0.1) is 6.61 Å². The molecule has 0 unspecified atom stereocenters. The molecule has 0 spiro atoms. The number of cyclic esters (lactones) is 1. The molecule has 6 heteroatoms. The fraction of sp³-hybridized carbons (Fsp3) is 0.621. The molecule has 0 radical (unpaired) electrons. The highest BCUT2D eigenvalue weighted by atomic mass is 16.5. The predicted octanol–water partition coefficient (Wildman–Crippen LogP) is 5.68. The van der Waals surface area contributed by atoms with E-state index in [-0.39, 0.29) is 17.2 Å². The molecule has 0 saturated carbocycles. The molecule has 3 aliphatic heterocycles. The number of nitrogens with zero attached hydrogens (tertiary/aromatic N) is 1. The van der Waals surface area contributed by atoms with Crippen LogP contribution in [0.25, 0.3) is 0 Å². The topological polar surface area (TPSA) is 72.9 Å². The van der Waals surface area contributed by atoms with Crippen LogP contribution in [0, 0.1) is 12.3 Å². The second-order valence-electron chi connectivity index (χ2n) is 10.2. The molecule has 4 aliphatic rings. The summed E-state index contributed by atoms with van der Waals surface area (Å²) >= 11 is 0. The van der Waals surface area contributed by atoms with Crippen molar-refractivity contribution in [2.24, 2.45) is 5.41 Å². The van der Waals surface area contributed by atoms with Crippen LogP contribution in [-0.4, -0.2) is 56.0 Å². The molecule has 35 heavy (non-hydrogen) atoms. The van der Waals surface area contributed by atoms with Gasteiger partial charge in [0, 0.05) is 46.1 Å². The van der Waals surface area contributed by atoms with Crippen LogP contribution in [0.15, 0.2) is 42.0 Å². The SMILES string of the molecule is C1CCOC1.CC1=CC(=O)CC(C)(C)C1.CN1CCCC1=O.Cc1ccccc1.O=C1CCCO1. The van der Waals surface area contributed by atoms with Crippen LogP contribution in [-0.2, 0) is 23.9 Å². The van der Waals surface area contributed by atoms with Crippen molar-refractivity contribution in [2.75, 3.05) is 33.4 Å². The number of rotatable bonds is 0. The zero-order chi connectivity index (χ0) is 26.1. The number of hydrogen-bond acceptors (Lipinski definition) is 5. The maximum absolute atomic E-state index is 11.0.